The van der Waals surface area contributed by atoms with Crippen molar-refractivity contribution in [2.75, 3.05) is 19.6 Å². The maximum Gasteiger partial charge on any atom is 0.434 e. The molecule has 33 heavy (non-hydrogen) atoms. The minimum Gasteiger partial charge on any atom is -0.350 e. The molecule has 1 N–H and O–H groups in total. The molecular weight excluding hydrogens is 453 g/mol. The Morgan fingerprint density at radius 3 is 2.42 bits per heavy atom. The fourth-order valence-corrected chi connectivity index (χ4v) is 4.45. The van der Waals surface area contributed by atoms with Gasteiger partial charge in [0.25, 0.3) is 5.91 Å². The Labute approximate surface area is 195 Å². The van der Waals surface area contributed by atoms with Crippen LogP contribution in [0.15, 0.2) is 54.7 Å². The number of benzene rings is 2. The van der Waals surface area contributed by atoms with E-state index in [1.165, 1.54) is 0 Å². The van der Waals surface area contributed by atoms with Crippen LogP contribution in [0.25, 0.3) is 5.69 Å². The third-order valence-corrected chi connectivity index (χ3v) is 6.21. The number of rotatable bonds is 6. The van der Waals surface area contributed by atoms with E-state index in [0.717, 1.165) is 47.9 Å². The number of hydrogen-bond donors (Lipinski definition) is 1. The molecule has 4 rings (SSSR count). The number of aromatic nitrogens is 2. The second-order valence-electron chi connectivity index (χ2n) is 8.14. The fraction of sp³-hybridized carbons (Fsp3) is 0.333. The monoisotopic (exact) mass is 476 g/mol. The van der Waals surface area contributed by atoms with Crippen LogP contribution in [0.5, 0.6) is 0 Å². The van der Waals surface area contributed by atoms with Gasteiger partial charge in [0.15, 0.2) is 5.69 Å². The van der Waals surface area contributed by atoms with Crippen LogP contribution >= 0.6 is 11.6 Å². The SMILES string of the molecule is Cc1ccc(-n2ncc(C(=O)NCC(c3ccccc3Cl)N3CCCC3)c2C(F)(F)F)cc1. The lowest BCUT2D eigenvalue weighted by Crippen LogP contribution is -2.37. The lowest BCUT2D eigenvalue weighted by molar-refractivity contribution is -0.143. The molecule has 1 unspecified atom stereocenters. The third-order valence-electron chi connectivity index (χ3n) is 5.86. The van der Waals surface area contributed by atoms with E-state index in [9.17, 15) is 18.0 Å². The number of likely N-dealkylation sites (tertiary alicyclic amines) is 1. The van der Waals surface area contributed by atoms with Crippen molar-refractivity contribution in [3.05, 3.63) is 82.1 Å². The van der Waals surface area contributed by atoms with Gasteiger partial charge >= 0.3 is 6.18 Å². The summed E-state index contributed by atoms with van der Waals surface area (Å²) in [5.74, 6) is -0.822. The average Bonchev–Trinajstić information content (AvgIpc) is 3.45. The standard InChI is InChI=1S/C24H24ClF3N4O/c1-16-8-10-17(11-9-16)32-22(24(26,27)28)19(14-30-32)23(33)29-15-21(31-12-4-5-13-31)18-6-2-3-7-20(18)25/h2-3,6-11,14,21H,4-5,12-13,15H2,1H3,(H,29,33). The molecule has 1 atom stereocenters. The van der Waals surface area contributed by atoms with Gasteiger partial charge in [-0.3, -0.25) is 9.69 Å². The molecule has 1 aliphatic heterocycles. The summed E-state index contributed by atoms with van der Waals surface area (Å²) in [4.78, 5) is 15.1. The highest BCUT2D eigenvalue weighted by atomic mass is 35.5. The molecule has 5 nitrogen and oxygen atoms in total. The summed E-state index contributed by atoms with van der Waals surface area (Å²) in [7, 11) is 0. The van der Waals surface area contributed by atoms with Gasteiger partial charge in [-0.05, 0) is 56.6 Å². The van der Waals surface area contributed by atoms with Crippen LogP contribution in [0.3, 0.4) is 0 Å². The van der Waals surface area contributed by atoms with Gasteiger partial charge < -0.3 is 5.32 Å². The summed E-state index contributed by atoms with van der Waals surface area (Å²) in [6.07, 6.45) is -1.74. The van der Waals surface area contributed by atoms with Crippen LogP contribution in [0.2, 0.25) is 5.02 Å². The van der Waals surface area contributed by atoms with Crippen molar-refractivity contribution in [2.24, 2.45) is 0 Å². The van der Waals surface area contributed by atoms with Gasteiger partial charge in [-0.2, -0.15) is 18.3 Å². The van der Waals surface area contributed by atoms with Gasteiger partial charge in [0.05, 0.1) is 23.5 Å². The first-order valence-electron chi connectivity index (χ1n) is 10.7. The quantitative estimate of drug-likeness (QED) is 0.517. The van der Waals surface area contributed by atoms with Gasteiger partial charge in [-0.1, -0.05) is 47.5 Å². The van der Waals surface area contributed by atoms with E-state index >= 15 is 0 Å². The second-order valence-corrected chi connectivity index (χ2v) is 8.55. The zero-order chi connectivity index (χ0) is 23.6. The molecule has 3 aromatic rings. The molecule has 2 heterocycles. The van der Waals surface area contributed by atoms with Crippen LogP contribution in [0.1, 0.15) is 46.1 Å². The predicted octanol–water partition coefficient (Wildman–Crippen LogP) is 5.42. The molecule has 2 aromatic carbocycles. The Morgan fingerprint density at radius 2 is 1.79 bits per heavy atom. The maximum atomic E-state index is 14.0. The highest BCUT2D eigenvalue weighted by Crippen LogP contribution is 2.34. The first kappa shape index (κ1) is 23.3. The first-order chi connectivity index (χ1) is 15.8. The van der Waals surface area contributed by atoms with Gasteiger partial charge in [0.1, 0.15) is 0 Å². The number of nitrogens with one attached hydrogen (secondary N) is 1. The fourth-order valence-electron chi connectivity index (χ4n) is 4.19. The number of alkyl halides is 3. The zero-order valence-electron chi connectivity index (χ0n) is 18.1. The Hall–Kier alpha value is -2.84. The van der Waals surface area contributed by atoms with Crippen molar-refractivity contribution in [3.63, 3.8) is 0 Å². The van der Waals surface area contributed by atoms with E-state index in [1.54, 1.807) is 30.3 Å². The van der Waals surface area contributed by atoms with Crippen molar-refractivity contribution in [1.29, 1.82) is 0 Å². The highest BCUT2D eigenvalue weighted by molar-refractivity contribution is 6.31. The molecule has 1 aromatic heterocycles. The van der Waals surface area contributed by atoms with Gasteiger partial charge in [0, 0.05) is 11.6 Å². The van der Waals surface area contributed by atoms with Crippen LogP contribution in [-0.4, -0.2) is 40.2 Å². The van der Waals surface area contributed by atoms with Crippen molar-refractivity contribution in [3.8, 4) is 5.69 Å². The number of halogens is 4. The summed E-state index contributed by atoms with van der Waals surface area (Å²) >= 11 is 6.40. The van der Waals surface area contributed by atoms with E-state index in [1.807, 2.05) is 25.1 Å². The molecule has 0 aliphatic carbocycles. The van der Waals surface area contributed by atoms with E-state index in [4.69, 9.17) is 11.6 Å². The number of carbonyl (C=O) groups excluding carboxylic acids is 1. The van der Waals surface area contributed by atoms with Crippen molar-refractivity contribution >= 4 is 17.5 Å². The summed E-state index contributed by atoms with van der Waals surface area (Å²) in [6.45, 7) is 3.65. The van der Waals surface area contributed by atoms with E-state index < -0.39 is 23.3 Å². The third kappa shape index (κ3) is 5.07. The lowest BCUT2D eigenvalue weighted by Gasteiger charge is -2.29. The smallest absolute Gasteiger partial charge is 0.350 e. The number of nitrogens with zero attached hydrogens (tertiary/aromatic N) is 3. The average molecular weight is 477 g/mol. The van der Waals surface area contributed by atoms with Gasteiger partial charge in [0.2, 0.25) is 0 Å². The second kappa shape index (κ2) is 9.57. The maximum absolute atomic E-state index is 14.0. The topological polar surface area (TPSA) is 50.2 Å². The van der Waals surface area contributed by atoms with Crippen LogP contribution in [-0.2, 0) is 6.18 Å². The zero-order valence-corrected chi connectivity index (χ0v) is 18.8. The molecule has 1 fully saturated rings. The number of hydrogen-bond acceptors (Lipinski definition) is 3. The van der Waals surface area contributed by atoms with Crippen LogP contribution in [0, 0.1) is 6.92 Å². The van der Waals surface area contributed by atoms with Gasteiger partial charge in [-0.25, -0.2) is 4.68 Å². The molecule has 1 aliphatic rings. The Kier molecular flexibility index (Phi) is 6.76. The molecule has 1 saturated heterocycles. The van der Waals surface area contributed by atoms with Crippen LogP contribution < -0.4 is 5.32 Å². The van der Waals surface area contributed by atoms with Crippen molar-refractivity contribution in [1.82, 2.24) is 20.0 Å². The van der Waals surface area contributed by atoms with E-state index in [-0.39, 0.29) is 18.3 Å². The summed E-state index contributed by atoms with van der Waals surface area (Å²) in [5.41, 5.74) is 0.373. The number of carbonyl (C=O) groups is 1. The molecule has 9 heteroatoms. The Morgan fingerprint density at radius 1 is 1.12 bits per heavy atom. The lowest BCUT2D eigenvalue weighted by atomic mass is 10.0. The van der Waals surface area contributed by atoms with Gasteiger partial charge in [-0.15, -0.1) is 0 Å². The summed E-state index contributed by atoms with van der Waals surface area (Å²) < 4.78 is 42.7. The Bertz CT molecular complexity index is 1120. The largest absolute Gasteiger partial charge is 0.434 e. The van der Waals surface area contributed by atoms with Crippen molar-refractivity contribution < 1.29 is 18.0 Å². The minimum atomic E-state index is -4.76. The molecule has 174 valence electrons. The molecule has 0 radical (unpaired) electrons. The highest BCUT2D eigenvalue weighted by Gasteiger charge is 2.40. The Balaban J connectivity index is 1.61. The molecule has 1 amide bonds. The molecular formula is C24H24ClF3N4O. The number of aryl methyl sites for hydroxylation is 1. The normalized spacial score (nSPS) is 15.5. The first-order valence-corrected chi connectivity index (χ1v) is 11.1. The van der Waals surface area contributed by atoms with E-state index in [0.29, 0.717) is 5.02 Å². The summed E-state index contributed by atoms with van der Waals surface area (Å²) in [5, 5.41) is 7.14. The number of amides is 1. The van der Waals surface area contributed by atoms with E-state index in [2.05, 4.69) is 15.3 Å². The minimum absolute atomic E-state index is 0.134. The summed E-state index contributed by atoms with van der Waals surface area (Å²) in [6, 6.07) is 13.6. The van der Waals surface area contributed by atoms with Crippen LogP contribution in [0.4, 0.5) is 13.2 Å². The molecule has 0 spiro atoms. The predicted molar refractivity (Wildman–Crippen MR) is 121 cm³/mol. The van der Waals surface area contributed by atoms with Crippen molar-refractivity contribution in [2.45, 2.75) is 32.0 Å². The molecule has 0 bridgehead atoms. The molecule has 0 saturated carbocycles.